The molecule has 0 bridgehead atoms. The molecule has 0 aliphatic carbocycles. The van der Waals surface area contributed by atoms with Crippen LogP contribution in [0.25, 0.3) is 0 Å². The van der Waals surface area contributed by atoms with Gasteiger partial charge in [-0.15, -0.1) is 0 Å². The van der Waals surface area contributed by atoms with Crippen molar-refractivity contribution in [1.29, 1.82) is 0 Å². The van der Waals surface area contributed by atoms with Gasteiger partial charge in [-0.05, 0) is 56.2 Å². The minimum atomic E-state index is -3.59. The molecular formula is C26H35Cl2N3O5S. The van der Waals surface area contributed by atoms with Crippen LogP contribution in [0.1, 0.15) is 45.1 Å². The topological polar surface area (TPSA) is 96.0 Å². The van der Waals surface area contributed by atoms with Gasteiger partial charge in [0.05, 0.1) is 19.1 Å². The predicted molar refractivity (Wildman–Crippen MR) is 149 cm³/mol. The van der Waals surface area contributed by atoms with E-state index >= 15 is 0 Å². The average molecular weight is 573 g/mol. The van der Waals surface area contributed by atoms with Gasteiger partial charge in [0, 0.05) is 41.7 Å². The second-order valence-electron chi connectivity index (χ2n) is 8.68. The molecule has 0 aliphatic rings. The Kier molecular flexibility index (Phi) is 12.0. The number of ether oxygens (including phenoxy) is 1. The van der Waals surface area contributed by atoms with E-state index in [1.54, 1.807) is 49.4 Å². The number of sulfonamides is 1. The molecule has 1 unspecified atom stereocenters. The summed E-state index contributed by atoms with van der Waals surface area (Å²) in [7, 11) is -2.06. The van der Waals surface area contributed by atoms with Crippen molar-refractivity contribution < 1.29 is 22.7 Å². The number of unbranched alkanes of at least 4 members (excludes halogenated alkanes) is 1. The maximum absolute atomic E-state index is 13.4. The average Bonchev–Trinajstić information content (AvgIpc) is 2.85. The summed E-state index contributed by atoms with van der Waals surface area (Å²) in [5, 5.41) is 3.65. The SMILES string of the molecule is CCCCNC(=O)C(C)N(Cc1c(Cl)cccc1Cl)C(=O)CCCN(c1ccc(OC)cc1)S(C)(=O)=O. The van der Waals surface area contributed by atoms with E-state index in [0.717, 1.165) is 19.1 Å². The van der Waals surface area contributed by atoms with E-state index in [0.29, 0.717) is 33.6 Å². The van der Waals surface area contributed by atoms with Gasteiger partial charge in [0.2, 0.25) is 21.8 Å². The number of amides is 2. The Morgan fingerprint density at radius 3 is 2.22 bits per heavy atom. The number of methoxy groups -OCH3 is 1. The van der Waals surface area contributed by atoms with Crippen molar-refractivity contribution in [2.45, 2.75) is 52.1 Å². The van der Waals surface area contributed by atoms with Crippen LogP contribution in [0.2, 0.25) is 10.0 Å². The molecular weight excluding hydrogens is 537 g/mol. The minimum Gasteiger partial charge on any atom is -0.497 e. The summed E-state index contributed by atoms with van der Waals surface area (Å²) in [6, 6.07) is 10.9. The molecule has 0 heterocycles. The molecule has 37 heavy (non-hydrogen) atoms. The third-order valence-corrected chi connectivity index (χ3v) is 7.80. The van der Waals surface area contributed by atoms with E-state index in [1.165, 1.54) is 16.3 Å². The highest BCUT2D eigenvalue weighted by Gasteiger charge is 2.27. The van der Waals surface area contributed by atoms with Crippen LogP contribution in [0, 0.1) is 0 Å². The number of rotatable bonds is 14. The molecule has 1 atom stereocenters. The fourth-order valence-corrected chi connectivity index (χ4v) is 5.21. The van der Waals surface area contributed by atoms with Crippen molar-refractivity contribution in [2.24, 2.45) is 0 Å². The van der Waals surface area contributed by atoms with Crippen molar-refractivity contribution in [3.8, 4) is 5.75 Å². The highest BCUT2D eigenvalue weighted by molar-refractivity contribution is 7.92. The van der Waals surface area contributed by atoms with Crippen LogP contribution < -0.4 is 14.4 Å². The van der Waals surface area contributed by atoms with Crippen LogP contribution in [0.15, 0.2) is 42.5 Å². The third-order valence-electron chi connectivity index (χ3n) is 5.90. The molecule has 0 spiro atoms. The summed E-state index contributed by atoms with van der Waals surface area (Å²) in [5.74, 6) is 0.0192. The number of nitrogens with one attached hydrogen (secondary N) is 1. The van der Waals surface area contributed by atoms with Gasteiger partial charge in [0.25, 0.3) is 0 Å². The first-order chi connectivity index (χ1) is 17.5. The highest BCUT2D eigenvalue weighted by atomic mass is 35.5. The van der Waals surface area contributed by atoms with Gasteiger partial charge in [-0.1, -0.05) is 42.6 Å². The van der Waals surface area contributed by atoms with E-state index in [2.05, 4.69) is 5.32 Å². The van der Waals surface area contributed by atoms with E-state index in [1.807, 2.05) is 6.92 Å². The van der Waals surface area contributed by atoms with Crippen molar-refractivity contribution in [3.05, 3.63) is 58.1 Å². The van der Waals surface area contributed by atoms with E-state index in [4.69, 9.17) is 27.9 Å². The van der Waals surface area contributed by atoms with E-state index in [9.17, 15) is 18.0 Å². The molecule has 2 aromatic carbocycles. The monoisotopic (exact) mass is 571 g/mol. The highest BCUT2D eigenvalue weighted by Crippen LogP contribution is 2.27. The van der Waals surface area contributed by atoms with Crippen molar-refractivity contribution in [3.63, 3.8) is 0 Å². The first-order valence-corrected chi connectivity index (χ1v) is 14.7. The molecule has 0 aromatic heterocycles. The smallest absolute Gasteiger partial charge is 0.242 e. The Morgan fingerprint density at radius 2 is 1.68 bits per heavy atom. The van der Waals surface area contributed by atoms with Crippen molar-refractivity contribution >= 4 is 50.7 Å². The number of hydrogen-bond acceptors (Lipinski definition) is 5. The third kappa shape index (κ3) is 9.09. The standard InChI is InChI=1S/C26H35Cl2N3O5S/c1-5-6-16-29-26(33)19(2)30(18-22-23(27)9-7-10-24(22)28)25(32)11-8-17-31(37(4,34)35)20-12-14-21(36-3)15-13-20/h7,9-10,12-15,19H,5-6,8,11,16-18H2,1-4H3,(H,29,33). The van der Waals surface area contributed by atoms with Gasteiger partial charge < -0.3 is 15.0 Å². The summed E-state index contributed by atoms with van der Waals surface area (Å²) in [6.45, 7) is 4.34. The molecule has 2 rings (SSSR count). The normalized spacial score (nSPS) is 12.1. The number of benzene rings is 2. The van der Waals surface area contributed by atoms with Crippen LogP contribution in [-0.2, 0) is 26.2 Å². The fraction of sp³-hybridized carbons (Fsp3) is 0.462. The minimum absolute atomic E-state index is 0.0246. The Bertz CT molecular complexity index is 1140. The van der Waals surface area contributed by atoms with E-state index in [-0.39, 0.29) is 37.7 Å². The zero-order valence-electron chi connectivity index (χ0n) is 21.7. The Balaban J connectivity index is 2.19. The lowest BCUT2D eigenvalue weighted by atomic mass is 10.1. The first kappa shape index (κ1) is 30.7. The van der Waals surface area contributed by atoms with Crippen LogP contribution in [-0.4, -0.2) is 57.6 Å². The Hall–Kier alpha value is -2.49. The maximum Gasteiger partial charge on any atom is 0.242 e. The molecule has 0 saturated heterocycles. The fourth-order valence-electron chi connectivity index (χ4n) is 3.72. The largest absolute Gasteiger partial charge is 0.497 e. The molecule has 0 fully saturated rings. The van der Waals surface area contributed by atoms with Gasteiger partial charge in [0.15, 0.2) is 0 Å². The first-order valence-electron chi connectivity index (χ1n) is 12.1. The number of anilines is 1. The molecule has 0 aliphatic heterocycles. The molecule has 8 nitrogen and oxygen atoms in total. The van der Waals surface area contributed by atoms with Gasteiger partial charge in [-0.3, -0.25) is 13.9 Å². The zero-order valence-corrected chi connectivity index (χ0v) is 24.0. The molecule has 1 N–H and O–H groups in total. The van der Waals surface area contributed by atoms with Gasteiger partial charge >= 0.3 is 0 Å². The van der Waals surface area contributed by atoms with Crippen LogP contribution in [0.3, 0.4) is 0 Å². The molecule has 204 valence electrons. The lowest BCUT2D eigenvalue weighted by Crippen LogP contribution is -2.48. The molecule has 0 radical (unpaired) electrons. The van der Waals surface area contributed by atoms with Crippen molar-refractivity contribution in [2.75, 3.05) is 30.8 Å². The van der Waals surface area contributed by atoms with Crippen molar-refractivity contribution in [1.82, 2.24) is 10.2 Å². The van der Waals surface area contributed by atoms with Crippen LogP contribution >= 0.6 is 23.2 Å². The lowest BCUT2D eigenvalue weighted by Gasteiger charge is -2.30. The summed E-state index contributed by atoms with van der Waals surface area (Å²) in [5.41, 5.74) is 1.02. The summed E-state index contributed by atoms with van der Waals surface area (Å²) in [6.07, 6.45) is 3.15. The Morgan fingerprint density at radius 1 is 1.05 bits per heavy atom. The lowest BCUT2D eigenvalue weighted by molar-refractivity contribution is -0.140. The van der Waals surface area contributed by atoms with E-state index < -0.39 is 16.1 Å². The summed E-state index contributed by atoms with van der Waals surface area (Å²) in [4.78, 5) is 27.6. The maximum atomic E-state index is 13.4. The summed E-state index contributed by atoms with van der Waals surface area (Å²) < 4.78 is 31.3. The number of nitrogens with zero attached hydrogens (tertiary/aromatic N) is 2. The number of hydrogen-bond donors (Lipinski definition) is 1. The van der Waals surface area contributed by atoms with Crippen LogP contribution in [0.5, 0.6) is 5.75 Å². The molecule has 11 heteroatoms. The summed E-state index contributed by atoms with van der Waals surface area (Å²) >= 11 is 12.7. The Labute approximate surface area is 229 Å². The van der Waals surface area contributed by atoms with Gasteiger partial charge in [-0.2, -0.15) is 0 Å². The number of carbonyl (C=O) groups excluding carboxylic acids is 2. The number of carbonyl (C=O) groups is 2. The molecule has 2 aromatic rings. The second kappa shape index (κ2) is 14.4. The van der Waals surface area contributed by atoms with Gasteiger partial charge in [0.1, 0.15) is 11.8 Å². The quantitative estimate of drug-likeness (QED) is 0.326. The molecule has 2 amide bonds. The number of halogens is 2. The van der Waals surface area contributed by atoms with Gasteiger partial charge in [-0.25, -0.2) is 8.42 Å². The van der Waals surface area contributed by atoms with Crippen LogP contribution in [0.4, 0.5) is 5.69 Å². The second-order valence-corrected chi connectivity index (χ2v) is 11.4. The zero-order chi connectivity index (χ0) is 27.6. The predicted octanol–water partition coefficient (Wildman–Crippen LogP) is 4.88. The molecule has 0 saturated carbocycles.